The molecule has 0 spiro atoms. The van der Waals surface area contributed by atoms with Gasteiger partial charge in [-0.3, -0.25) is 0 Å². The minimum Gasteiger partial charge on any atom is -0.493 e. The first-order chi connectivity index (χ1) is 9.62. The Kier molecular flexibility index (Phi) is 2.98. The maximum Gasteiger partial charge on any atom is 0.336 e. The number of nitriles is 1. The van der Waals surface area contributed by atoms with Crippen LogP contribution in [-0.2, 0) is 0 Å². The first kappa shape index (κ1) is 12.7. The first-order valence-corrected chi connectivity index (χ1v) is 6.66. The van der Waals surface area contributed by atoms with Gasteiger partial charge in [0.05, 0.1) is 12.7 Å². The van der Waals surface area contributed by atoms with E-state index in [0.717, 1.165) is 23.8 Å². The number of ether oxygens (including phenoxy) is 1. The molecule has 0 amide bonds. The number of rotatable bonds is 4. The summed E-state index contributed by atoms with van der Waals surface area (Å²) in [6.07, 6.45) is 2.62. The summed E-state index contributed by atoms with van der Waals surface area (Å²) in [5.41, 5.74) is 1.12. The standard InChI is InChI=1S/C16H15NO3/c1-11-8-15(18)20-14-9-12(2-3-13(11)14)19-10-16(4-5-16)6-7-17/h2-3,8-9H,4-6,10H2,1H3. The molecule has 0 saturated heterocycles. The Morgan fingerprint density at radius 3 is 2.90 bits per heavy atom. The van der Waals surface area contributed by atoms with Crippen LogP contribution in [0.2, 0.25) is 0 Å². The lowest BCUT2D eigenvalue weighted by Gasteiger charge is -2.13. The predicted octanol–water partition coefficient (Wildman–Crippen LogP) is 3.17. The van der Waals surface area contributed by atoms with Gasteiger partial charge in [-0.1, -0.05) is 0 Å². The molecule has 20 heavy (non-hydrogen) atoms. The third-order valence-corrected chi connectivity index (χ3v) is 3.88. The fraction of sp³-hybridized carbons (Fsp3) is 0.375. The molecule has 1 aliphatic carbocycles. The summed E-state index contributed by atoms with van der Waals surface area (Å²) in [5, 5.41) is 9.70. The number of nitrogens with zero attached hydrogens (tertiary/aromatic N) is 1. The lowest BCUT2D eigenvalue weighted by molar-refractivity contribution is 0.237. The minimum atomic E-state index is -0.352. The number of hydrogen-bond acceptors (Lipinski definition) is 4. The van der Waals surface area contributed by atoms with Crippen molar-refractivity contribution in [3.8, 4) is 11.8 Å². The second-order valence-corrected chi connectivity index (χ2v) is 5.53. The number of hydrogen-bond donors (Lipinski definition) is 0. The molecule has 2 aromatic rings. The van der Waals surface area contributed by atoms with Crippen LogP contribution in [0.5, 0.6) is 5.75 Å². The van der Waals surface area contributed by atoms with E-state index in [0.29, 0.717) is 24.4 Å². The van der Waals surface area contributed by atoms with Gasteiger partial charge < -0.3 is 9.15 Å². The smallest absolute Gasteiger partial charge is 0.336 e. The largest absolute Gasteiger partial charge is 0.493 e. The molecule has 1 saturated carbocycles. The normalized spacial score (nSPS) is 15.8. The van der Waals surface area contributed by atoms with Gasteiger partial charge in [0, 0.05) is 29.4 Å². The summed E-state index contributed by atoms with van der Waals surface area (Å²) in [4.78, 5) is 11.4. The van der Waals surface area contributed by atoms with E-state index in [1.165, 1.54) is 6.07 Å². The lowest BCUT2D eigenvalue weighted by Crippen LogP contribution is -2.12. The molecule has 0 N–H and O–H groups in total. The predicted molar refractivity (Wildman–Crippen MR) is 74.6 cm³/mol. The third kappa shape index (κ3) is 2.39. The summed E-state index contributed by atoms with van der Waals surface area (Å²) < 4.78 is 11.0. The van der Waals surface area contributed by atoms with Crippen LogP contribution in [0.15, 0.2) is 33.5 Å². The van der Waals surface area contributed by atoms with E-state index in [1.807, 2.05) is 19.1 Å². The van der Waals surface area contributed by atoms with Crippen molar-refractivity contribution in [2.24, 2.45) is 5.41 Å². The molecule has 0 radical (unpaired) electrons. The molecule has 0 unspecified atom stereocenters. The molecule has 4 heteroatoms. The number of benzene rings is 1. The van der Waals surface area contributed by atoms with Gasteiger partial charge in [-0.15, -0.1) is 0 Å². The molecule has 102 valence electrons. The van der Waals surface area contributed by atoms with Crippen molar-refractivity contribution in [2.75, 3.05) is 6.61 Å². The molecule has 4 nitrogen and oxygen atoms in total. The van der Waals surface area contributed by atoms with Gasteiger partial charge in [0.25, 0.3) is 0 Å². The van der Waals surface area contributed by atoms with Crippen molar-refractivity contribution in [3.63, 3.8) is 0 Å². The quantitative estimate of drug-likeness (QED) is 0.800. The van der Waals surface area contributed by atoms with Crippen molar-refractivity contribution >= 4 is 11.0 Å². The van der Waals surface area contributed by atoms with Crippen molar-refractivity contribution < 1.29 is 9.15 Å². The molecule has 0 atom stereocenters. The SMILES string of the molecule is Cc1cc(=O)oc2cc(OCC3(CC#N)CC3)ccc12. The molecule has 1 aliphatic rings. The first-order valence-electron chi connectivity index (χ1n) is 6.66. The summed E-state index contributed by atoms with van der Waals surface area (Å²) in [5.74, 6) is 0.676. The zero-order valence-corrected chi connectivity index (χ0v) is 11.3. The Balaban J connectivity index is 1.83. The molecule has 0 bridgehead atoms. The fourth-order valence-corrected chi connectivity index (χ4v) is 2.35. The summed E-state index contributed by atoms with van der Waals surface area (Å²) in [6, 6.07) is 9.20. The average Bonchev–Trinajstić information content (AvgIpc) is 3.16. The molecular formula is C16H15NO3. The average molecular weight is 269 g/mol. The molecule has 1 aromatic carbocycles. The number of aryl methyl sites for hydroxylation is 1. The molecule has 1 heterocycles. The van der Waals surface area contributed by atoms with E-state index >= 15 is 0 Å². The van der Waals surface area contributed by atoms with Crippen LogP contribution in [0.4, 0.5) is 0 Å². The topological polar surface area (TPSA) is 63.2 Å². The highest BCUT2D eigenvalue weighted by atomic mass is 16.5. The van der Waals surface area contributed by atoms with Crippen molar-refractivity contribution in [3.05, 3.63) is 40.2 Å². The maximum absolute atomic E-state index is 11.4. The van der Waals surface area contributed by atoms with Gasteiger partial charge in [0.2, 0.25) is 0 Å². The second kappa shape index (κ2) is 4.68. The van der Waals surface area contributed by atoms with Gasteiger partial charge in [-0.05, 0) is 37.5 Å². The van der Waals surface area contributed by atoms with Gasteiger partial charge >= 0.3 is 5.63 Å². The Hall–Kier alpha value is -2.28. The molecule has 1 fully saturated rings. The van der Waals surface area contributed by atoms with E-state index in [4.69, 9.17) is 14.4 Å². The van der Waals surface area contributed by atoms with Crippen molar-refractivity contribution in [1.82, 2.24) is 0 Å². The van der Waals surface area contributed by atoms with Crippen LogP contribution < -0.4 is 10.4 Å². The van der Waals surface area contributed by atoms with E-state index < -0.39 is 0 Å². The highest BCUT2D eigenvalue weighted by Crippen LogP contribution is 2.48. The summed E-state index contributed by atoms with van der Waals surface area (Å²) >= 11 is 0. The Labute approximate surface area is 116 Å². The van der Waals surface area contributed by atoms with Crippen LogP contribution in [0.3, 0.4) is 0 Å². The Morgan fingerprint density at radius 1 is 1.40 bits per heavy atom. The molecular weight excluding hydrogens is 254 g/mol. The highest BCUT2D eigenvalue weighted by Gasteiger charge is 2.43. The van der Waals surface area contributed by atoms with Crippen molar-refractivity contribution in [2.45, 2.75) is 26.2 Å². The summed E-state index contributed by atoms with van der Waals surface area (Å²) in [7, 11) is 0. The summed E-state index contributed by atoms with van der Waals surface area (Å²) in [6.45, 7) is 2.42. The highest BCUT2D eigenvalue weighted by molar-refractivity contribution is 5.81. The monoisotopic (exact) mass is 269 g/mol. The minimum absolute atomic E-state index is 0.0388. The molecule has 0 aliphatic heterocycles. The Bertz CT molecular complexity index is 750. The van der Waals surface area contributed by atoms with E-state index in [-0.39, 0.29) is 11.0 Å². The maximum atomic E-state index is 11.4. The van der Waals surface area contributed by atoms with Gasteiger partial charge in [-0.25, -0.2) is 4.79 Å². The van der Waals surface area contributed by atoms with Gasteiger partial charge in [-0.2, -0.15) is 5.26 Å². The second-order valence-electron chi connectivity index (χ2n) is 5.53. The third-order valence-electron chi connectivity index (χ3n) is 3.88. The van der Waals surface area contributed by atoms with Crippen LogP contribution in [0.1, 0.15) is 24.8 Å². The zero-order chi connectivity index (χ0) is 14.2. The van der Waals surface area contributed by atoms with E-state index in [9.17, 15) is 4.79 Å². The fourth-order valence-electron chi connectivity index (χ4n) is 2.35. The van der Waals surface area contributed by atoms with Crippen molar-refractivity contribution in [1.29, 1.82) is 5.26 Å². The van der Waals surface area contributed by atoms with Crippen LogP contribution in [0, 0.1) is 23.7 Å². The van der Waals surface area contributed by atoms with E-state index in [2.05, 4.69) is 6.07 Å². The lowest BCUT2D eigenvalue weighted by atomic mass is 10.1. The van der Waals surface area contributed by atoms with Crippen LogP contribution >= 0.6 is 0 Å². The molecule has 1 aromatic heterocycles. The van der Waals surface area contributed by atoms with Gasteiger partial charge in [0.1, 0.15) is 11.3 Å². The van der Waals surface area contributed by atoms with Crippen LogP contribution in [-0.4, -0.2) is 6.61 Å². The van der Waals surface area contributed by atoms with Gasteiger partial charge in [0.15, 0.2) is 0 Å². The number of fused-ring (bicyclic) bond motifs is 1. The zero-order valence-electron chi connectivity index (χ0n) is 11.3. The van der Waals surface area contributed by atoms with E-state index in [1.54, 1.807) is 6.07 Å². The Morgan fingerprint density at radius 2 is 2.20 bits per heavy atom. The van der Waals surface area contributed by atoms with Crippen LogP contribution in [0.25, 0.3) is 11.0 Å². The molecule has 3 rings (SSSR count).